The first-order valence-corrected chi connectivity index (χ1v) is 7.50. The Morgan fingerprint density at radius 3 is 2.82 bits per heavy atom. The Morgan fingerprint density at radius 1 is 1.27 bits per heavy atom. The van der Waals surface area contributed by atoms with E-state index in [2.05, 4.69) is 15.5 Å². The summed E-state index contributed by atoms with van der Waals surface area (Å²) >= 11 is 0. The maximum absolute atomic E-state index is 12.6. The highest BCUT2D eigenvalue weighted by Gasteiger charge is 2.33. The van der Waals surface area contributed by atoms with Crippen molar-refractivity contribution in [2.45, 2.75) is 31.2 Å². The summed E-state index contributed by atoms with van der Waals surface area (Å²) in [6, 6.07) is 7.22. The molecule has 2 atom stereocenters. The first-order chi connectivity index (χ1) is 10.6. The zero-order valence-electron chi connectivity index (χ0n) is 12.5. The molecule has 2 aliphatic rings. The Kier molecular flexibility index (Phi) is 3.83. The fourth-order valence-electron chi connectivity index (χ4n) is 3.10. The molecule has 0 saturated carbocycles. The van der Waals surface area contributed by atoms with Crippen LogP contribution in [0.4, 0.5) is 5.69 Å². The quantitative estimate of drug-likeness (QED) is 0.781. The van der Waals surface area contributed by atoms with Crippen LogP contribution in [0.1, 0.15) is 30.7 Å². The van der Waals surface area contributed by atoms with Crippen LogP contribution in [0.2, 0.25) is 0 Å². The minimum absolute atomic E-state index is 0.143. The summed E-state index contributed by atoms with van der Waals surface area (Å²) in [6.45, 7) is 0.796. The molecule has 0 spiro atoms. The SMILES string of the molecule is CN1CCC(C(=O)N[C@@H]2CCC(=O)NC2=O)c2ccccc21. The third kappa shape index (κ3) is 2.68. The fourth-order valence-corrected chi connectivity index (χ4v) is 3.10. The van der Waals surface area contributed by atoms with Crippen LogP contribution in [-0.2, 0) is 14.4 Å². The number of carbonyl (C=O) groups excluding carboxylic acids is 3. The van der Waals surface area contributed by atoms with Crippen molar-refractivity contribution in [3.8, 4) is 0 Å². The third-order valence-electron chi connectivity index (χ3n) is 4.35. The van der Waals surface area contributed by atoms with Crippen LogP contribution in [0.25, 0.3) is 0 Å². The van der Waals surface area contributed by atoms with Crippen LogP contribution in [0.5, 0.6) is 0 Å². The summed E-state index contributed by atoms with van der Waals surface area (Å²) in [6.07, 6.45) is 1.35. The molecule has 0 aromatic heterocycles. The molecule has 0 radical (unpaired) electrons. The number of benzene rings is 1. The van der Waals surface area contributed by atoms with Crippen LogP contribution in [0.15, 0.2) is 24.3 Å². The van der Waals surface area contributed by atoms with E-state index >= 15 is 0 Å². The first-order valence-electron chi connectivity index (χ1n) is 7.50. The molecule has 6 nitrogen and oxygen atoms in total. The fraction of sp³-hybridized carbons (Fsp3) is 0.438. The smallest absolute Gasteiger partial charge is 0.249 e. The number of nitrogens with one attached hydrogen (secondary N) is 2. The van der Waals surface area contributed by atoms with E-state index in [9.17, 15) is 14.4 Å². The van der Waals surface area contributed by atoms with Gasteiger partial charge in [0.25, 0.3) is 0 Å². The predicted octanol–water partition coefficient (Wildman–Crippen LogP) is 0.532. The average Bonchev–Trinajstić information content (AvgIpc) is 2.50. The molecule has 1 saturated heterocycles. The van der Waals surface area contributed by atoms with Gasteiger partial charge in [0.05, 0.1) is 5.92 Å². The Bertz CT molecular complexity index is 629. The van der Waals surface area contributed by atoms with E-state index in [1.807, 2.05) is 31.3 Å². The van der Waals surface area contributed by atoms with Gasteiger partial charge in [0.2, 0.25) is 17.7 Å². The summed E-state index contributed by atoms with van der Waals surface area (Å²) in [5, 5.41) is 5.06. The molecule has 1 aromatic rings. The van der Waals surface area contributed by atoms with Gasteiger partial charge in [0.15, 0.2) is 0 Å². The van der Waals surface area contributed by atoms with Gasteiger partial charge >= 0.3 is 0 Å². The number of nitrogens with zero attached hydrogens (tertiary/aromatic N) is 1. The van der Waals surface area contributed by atoms with Crippen LogP contribution in [0.3, 0.4) is 0 Å². The molecular formula is C16H19N3O3. The van der Waals surface area contributed by atoms with Gasteiger partial charge in [-0.15, -0.1) is 0 Å². The lowest BCUT2D eigenvalue weighted by atomic mass is 9.89. The molecule has 3 rings (SSSR count). The highest BCUT2D eigenvalue weighted by Crippen LogP contribution is 2.34. The van der Waals surface area contributed by atoms with Crippen LogP contribution in [0, 0.1) is 0 Å². The Balaban J connectivity index is 1.75. The maximum Gasteiger partial charge on any atom is 0.249 e. The van der Waals surface area contributed by atoms with Gasteiger partial charge in [-0.05, 0) is 24.5 Å². The number of rotatable bonds is 2. The Labute approximate surface area is 128 Å². The van der Waals surface area contributed by atoms with Gasteiger partial charge in [0.1, 0.15) is 6.04 Å². The molecule has 1 unspecified atom stereocenters. The zero-order chi connectivity index (χ0) is 15.7. The summed E-state index contributed by atoms with van der Waals surface area (Å²) < 4.78 is 0. The van der Waals surface area contributed by atoms with Crippen molar-refractivity contribution >= 4 is 23.4 Å². The Hall–Kier alpha value is -2.37. The number of hydrogen-bond acceptors (Lipinski definition) is 4. The van der Waals surface area contributed by atoms with Crippen molar-refractivity contribution in [1.82, 2.24) is 10.6 Å². The molecule has 6 heteroatoms. The van der Waals surface area contributed by atoms with E-state index in [0.717, 1.165) is 17.8 Å². The molecule has 116 valence electrons. The standard InChI is InChI=1S/C16H19N3O3/c1-19-9-8-11(10-4-2-3-5-13(10)19)15(21)17-12-6-7-14(20)18-16(12)22/h2-5,11-12H,6-9H2,1H3,(H,17,21)(H,18,20,22)/t11?,12-/m1/s1. The number of hydrogen-bond donors (Lipinski definition) is 2. The lowest BCUT2D eigenvalue weighted by molar-refractivity contribution is -0.137. The second-order valence-electron chi connectivity index (χ2n) is 5.83. The highest BCUT2D eigenvalue weighted by atomic mass is 16.2. The van der Waals surface area contributed by atoms with E-state index in [1.54, 1.807) is 0 Å². The first kappa shape index (κ1) is 14.6. The van der Waals surface area contributed by atoms with E-state index in [-0.39, 0.29) is 24.2 Å². The number of para-hydroxylation sites is 1. The van der Waals surface area contributed by atoms with Crippen molar-refractivity contribution in [2.75, 3.05) is 18.5 Å². The van der Waals surface area contributed by atoms with Gasteiger partial charge in [0, 0.05) is 25.7 Å². The number of anilines is 1. The molecule has 3 amide bonds. The van der Waals surface area contributed by atoms with E-state index in [1.165, 1.54) is 0 Å². The number of imide groups is 1. The van der Waals surface area contributed by atoms with Gasteiger partial charge in [-0.1, -0.05) is 18.2 Å². The molecule has 22 heavy (non-hydrogen) atoms. The Morgan fingerprint density at radius 2 is 2.05 bits per heavy atom. The van der Waals surface area contributed by atoms with E-state index in [0.29, 0.717) is 12.8 Å². The zero-order valence-corrected chi connectivity index (χ0v) is 12.5. The van der Waals surface area contributed by atoms with Crippen LogP contribution >= 0.6 is 0 Å². The minimum Gasteiger partial charge on any atom is -0.374 e. The van der Waals surface area contributed by atoms with Crippen LogP contribution < -0.4 is 15.5 Å². The summed E-state index contributed by atoms with van der Waals surface area (Å²) in [4.78, 5) is 37.6. The lowest BCUT2D eigenvalue weighted by Crippen LogP contribution is -2.53. The van der Waals surface area contributed by atoms with Gasteiger partial charge < -0.3 is 10.2 Å². The molecule has 2 aliphatic heterocycles. The van der Waals surface area contributed by atoms with Crippen molar-refractivity contribution in [2.24, 2.45) is 0 Å². The van der Waals surface area contributed by atoms with Gasteiger partial charge in [-0.3, -0.25) is 19.7 Å². The summed E-state index contributed by atoms with van der Waals surface area (Å²) in [5.41, 5.74) is 2.04. The molecule has 1 fully saturated rings. The number of amides is 3. The number of carbonyl (C=O) groups is 3. The predicted molar refractivity (Wildman–Crippen MR) is 81.4 cm³/mol. The molecule has 0 bridgehead atoms. The lowest BCUT2D eigenvalue weighted by Gasteiger charge is -2.33. The van der Waals surface area contributed by atoms with Crippen LogP contribution in [-0.4, -0.2) is 37.4 Å². The average molecular weight is 301 g/mol. The maximum atomic E-state index is 12.6. The van der Waals surface area contributed by atoms with Gasteiger partial charge in [-0.2, -0.15) is 0 Å². The second-order valence-corrected chi connectivity index (χ2v) is 5.83. The second kappa shape index (κ2) is 5.79. The van der Waals surface area contributed by atoms with Crippen molar-refractivity contribution in [3.63, 3.8) is 0 Å². The molecule has 2 N–H and O–H groups in total. The van der Waals surface area contributed by atoms with Crippen molar-refractivity contribution < 1.29 is 14.4 Å². The summed E-state index contributed by atoms with van der Waals surface area (Å²) in [7, 11) is 2.01. The molecule has 0 aliphatic carbocycles. The highest BCUT2D eigenvalue weighted by molar-refractivity contribution is 6.02. The number of fused-ring (bicyclic) bond motifs is 1. The van der Waals surface area contributed by atoms with Crippen molar-refractivity contribution in [3.05, 3.63) is 29.8 Å². The van der Waals surface area contributed by atoms with Crippen molar-refractivity contribution in [1.29, 1.82) is 0 Å². The normalized spacial score (nSPS) is 24.5. The van der Waals surface area contributed by atoms with Gasteiger partial charge in [-0.25, -0.2) is 0 Å². The van der Waals surface area contributed by atoms with E-state index < -0.39 is 11.9 Å². The topological polar surface area (TPSA) is 78.5 Å². The molecule has 1 aromatic carbocycles. The number of piperidine rings is 1. The molecule has 2 heterocycles. The molecular weight excluding hydrogens is 282 g/mol. The third-order valence-corrected chi connectivity index (χ3v) is 4.35. The van der Waals surface area contributed by atoms with E-state index in [4.69, 9.17) is 0 Å². The summed E-state index contributed by atoms with van der Waals surface area (Å²) in [5.74, 6) is -1.08. The largest absolute Gasteiger partial charge is 0.374 e. The monoisotopic (exact) mass is 301 g/mol. The minimum atomic E-state index is -0.614.